The van der Waals surface area contributed by atoms with Gasteiger partial charge in [-0.25, -0.2) is 19.0 Å². The standard InChI is InChI=1S/C10H17N5O4S2/c1-18-6-7(19-2)5-12-21(16,17)9-8(14-11)13-10-15(9)3-4-20-10/h3-4,7,12,14H,5-6,11H2,1-2H3. The summed E-state index contributed by atoms with van der Waals surface area (Å²) in [6.07, 6.45) is 1.23. The maximum atomic E-state index is 12.5. The first-order chi connectivity index (χ1) is 10.0. The summed E-state index contributed by atoms with van der Waals surface area (Å²) in [6, 6.07) is 0. The Hall–Kier alpha value is -1.24. The first-order valence-electron chi connectivity index (χ1n) is 5.97. The van der Waals surface area contributed by atoms with Gasteiger partial charge in [-0.15, -0.1) is 11.3 Å². The van der Waals surface area contributed by atoms with Crippen LogP contribution in [0, 0.1) is 0 Å². The number of methoxy groups -OCH3 is 2. The molecule has 0 fully saturated rings. The summed E-state index contributed by atoms with van der Waals surface area (Å²) < 4.78 is 38.9. The Morgan fingerprint density at radius 1 is 1.52 bits per heavy atom. The van der Waals surface area contributed by atoms with Gasteiger partial charge in [0.15, 0.2) is 10.8 Å². The molecular weight excluding hydrogens is 318 g/mol. The smallest absolute Gasteiger partial charge is 0.260 e. The molecule has 11 heteroatoms. The number of anilines is 1. The molecule has 2 heterocycles. The van der Waals surface area contributed by atoms with Gasteiger partial charge in [-0.3, -0.25) is 4.40 Å². The van der Waals surface area contributed by atoms with Crippen LogP contribution in [0.5, 0.6) is 0 Å². The van der Waals surface area contributed by atoms with Crippen LogP contribution >= 0.6 is 11.3 Å². The van der Waals surface area contributed by atoms with Crippen LogP contribution in [0.4, 0.5) is 5.82 Å². The van der Waals surface area contributed by atoms with Crippen molar-refractivity contribution in [2.45, 2.75) is 11.1 Å². The van der Waals surface area contributed by atoms with E-state index in [4.69, 9.17) is 15.3 Å². The second-order valence-corrected chi connectivity index (χ2v) is 6.69. The quantitative estimate of drug-likeness (QED) is 0.444. The van der Waals surface area contributed by atoms with E-state index in [2.05, 4.69) is 15.1 Å². The zero-order chi connectivity index (χ0) is 15.5. The van der Waals surface area contributed by atoms with Crippen LogP contribution in [0.25, 0.3) is 4.96 Å². The number of rotatable bonds is 8. The fourth-order valence-corrected chi connectivity index (χ4v) is 3.86. The highest BCUT2D eigenvalue weighted by Gasteiger charge is 2.26. The Labute approximate surface area is 126 Å². The van der Waals surface area contributed by atoms with E-state index in [1.807, 2.05) is 0 Å². The minimum atomic E-state index is -3.80. The van der Waals surface area contributed by atoms with E-state index < -0.39 is 10.0 Å². The topological polar surface area (TPSA) is 120 Å². The third-order valence-electron chi connectivity index (χ3n) is 2.80. The fraction of sp³-hybridized carbons (Fsp3) is 0.500. The Kier molecular flexibility index (Phi) is 5.13. The van der Waals surface area contributed by atoms with Crippen molar-refractivity contribution < 1.29 is 17.9 Å². The molecule has 0 aliphatic carbocycles. The molecule has 2 aromatic rings. The number of nitrogens with two attached hydrogens (primary N) is 1. The van der Waals surface area contributed by atoms with Crippen molar-refractivity contribution in [2.75, 3.05) is 32.8 Å². The summed E-state index contributed by atoms with van der Waals surface area (Å²) >= 11 is 1.31. The van der Waals surface area contributed by atoms with Gasteiger partial charge in [0.05, 0.1) is 12.7 Å². The van der Waals surface area contributed by atoms with Crippen molar-refractivity contribution in [3.05, 3.63) is 11.6 Å². The molecule has 1 atom stereocenters. The molecule has 118 valence electrons. The van der Waals surface area contributed by atoms with Gasteiger partial charge in [0.1, 0.15) is 0 Å². The average molecular weight is 335 g/mol. The van der Waals surface area contributed by atoms with Crippen molar-refractivity contribution in [3.8, 4) is 0 Å². The monoisotopic (exact) mass is 335 g/mol. The number of hydrogen-bond acceptors (Lipinski definition) is 8. The molecule has 0 aromatic carbocycles. The van der Waals surface area contributed by atoms with E-state index >= 15 is 0 Å². The first-order valence-corrected chi connectivity index (χ1v) is 8.33. The van der Waals surface area contributed by atoms with Crippen LogP contribution in [0.1, 0.15) is 0 Å². The summed E-state index contributed by atoms with van der Waals surface area (Å²) in [5, 5.41) is 1.71. The zero-order valence-electron chi connectivity index (χ0n) is 11.6. The molecule has 0 radical (unpaired) electrons. The van der Waals surface area contributed by atoms with Gasteiger partial charge in [0.2, 0.25) is 5.03 Å². The minimum Gasteiger partial charge on any atom is -0.382 e. The molecule has 0 aliphatic heterocycles. The number of fused-ring (bicyclic) bond motifs is 1. The van der Waals surface area contributed by atoms with Gasteiger partial charge in [-0.2, -0.15) is 4.98 Å². The van der Waals surface area contributed by atoms with Gasteiger partial charge < -0.3 is 14.9 Å². The second kappa shape index (κ2) is 6.68. The van der Waals surface area contributed by atoms with Gasteiger partial charge in [-0.05, 0) is 0 Å². The molecule has 0 saturated heterocycles. The van der Waals surface area contributed by atoms with E-state index in [-0.39, 0.29) is 30.1 Å². The average Bonchev–Trinajstić information content (AvgIpc) is 3.02. The van der Waals surface area contributed by atoms with Crippen molar-refractivity contribution in [3.63, 3.8) is 0 Å². The highest BCUT2D eigenvalue weighted by Crippen LogP contribution is 2.24. The number of sulfonamides is 1. The number of imidazole rings is 1. The normalized spacial score (nSPS) is 13.7. The largest absolute Gasteiger partial charge is 0.382 e. The number of nitrogen functional groups attached to an aromatic ring is 1. The molecule has 0 aliphatic rings. The Morgan fingerprint density at radius 2 is 2.29 bits per heavy atom. The van der Waals surface area contributed by atoms with Crippen LogP contribution < -0.4 is 16.0 Å². The highest BCUT2D eigenvalue weighted by atomic mass is 32.2. The Bertz CT molecular complexity index is 695. The number of aromatic nitrogens is 2. The lowest BCUT2D eigenvalue weighted by molar-refractivity contribution is 0.0320. The van der Waals surface area contributed by atoms with Crippen LogP contribution in [0.2, 0.25) is 0 Å². The van der Waals surface area contributed by atoms with Gasteiger partial charge in [-0.1, -0.05) is 0 Å². The number of thiazole rings is 1. The zero-order valence-corrected chi connectivity index (χ0v) is 13.2. The van der Waals surface area contributed by atoms with Crippen LogP contribution in [0.3, 0.4) is 0 Å². The lowest BCUT2D eigenvalue weighted by Crippen LogP contribution is -2.36. The molecule has 1 unspecified atom stereocenters. The Balaban J connectivity index is 2.26. The number of hydrazine groups is 1. The lowest BCUT2D eigenvalue weighted by Gasteiger charge is -2.15. The van der Waals surface area contributed by atoms with Gasteiger partial charge >= 0.3 is 0 Å². The SMILES string of the molecule is COCC(CNS(=O)(=O)c1c(NN)nc2sccn12)OC. The van der Waals surface area contributed by atoms with E-state index in [1.54, 1.807) is 11.6 Å². The number of nitrogens with one attached hydrogen (secondary N) is 2. The van der Waals surface area contributed by atoms with Crippen molar-refractivity contribution in [1.82, 2.24) is 14.1 Å². The van der Waals surface area contributed by atoms with E-state index in [9.17, 15) is 8.42 Å². The van der Waals surface area contributed by atoms with Crippen LogP contribution in [-0.4, -0.2) is 51.3 Å². The van der Waals surface area contributed by atoms with Crippen molar-refractivity contribution in [2.24, 2.45) is 5.84 Å². The molecule has 0 saturated carbocycles. The Morgan fingerprint density at radius 3 is 2.90 bits per heavy atom. The summed E-state index contributed by atoms with van der Waals surface area (Å²) in [7, 11) is -0.797. The molecular formula is C10H17N5O4S2. The van der Waals surface area contributed by atoms with Crippen molar-refractivity contribution in [1.29, 1.82) is 0 Å². The number of ether oxygens (including phenoxy) is 2. The van der Waals surface area contributed by atoms with Crippen molar-refractivity contribution >= 4 is 32.1 Å². The molecule has 4 N–H and O–H groups in total. The van der Waals surface area contributed by atoms with Crippen LogP contribution in [-0.2, 0) is 19.5 Å². The summed E-state index contributed by atoms with van der Waals surface area (Å²) in [4.78, 5) is 4.64. The summed E-state index contributed by atoms with van der Waals surface area (Å²) in [6.45, 7) is 0.356. The highest BCUT2D eigenvalue weighted by molar-refractivity contribution is 7.89. The predicted molar refractivity (Wildman–Crippen MR) is 78.7 cm³/mol. The maximum absolute atomic E-state index is 12.5. The summed E-state index contributed by atoms with van der Waals surface area (Å²) in [5.41, 5.74) is 2.30. The van der Waals surface area contributed by atoms with Crippen LogP contribution in [0.15, 0.2) is 16.6 Å². The van der Waals surface area contributed by atoms with E-state index in [0.717, 1.165) is 0 Å². The molecule has 0 bridgehead atoms. The van der Waals surface area contributed by atoms with Gasteiger partial charge in [0.25, 0.3) is 10.0 Å². The first kappa shape index (κ1) is 16.1. The van der Waals surface area contributed by atoms with E-state index in [0.29, 0.717) is 4.96 Å². The molecule has 2 rings (SSSR count). The predicted octanol–water partition coefficient (Wildman–Crippen LogP) is -0.379. The second-order valence-electron chi connectivity index (χ2n) is 4.13. The lowest BCUT2D eigenvalue weighted by atomic mass is 10.4. The molecule has 21 heavy (non-hydrogen) atoms. The number of nitrogens with zero attached hydrogens (tertiary/aromatic N) is 2. The third-order valence-corrected chi connectivity index (χ3v) is 5.00. The molecule has 2 aromatic heterocycles. The minimum absolute atomic E-state index is 0.0338. The fourth-order valence-electron chi connectivity index (χ4n) is 1.78. The molecule has 0 spiro atoms. The molecule has 9 nitrogen and oxygen atoms in total. The maximum Gasteiger partial charge on any atom is 0.260 e. The molecule has 0 amide bonds. The summed E-state index contributed by atoms with van der Waals surface area (Å²) in [5.74, 6) is 5.43. The third kappa shape index (κ3) is 3.33. The van der Waals surface area contributed by atoms with Gasteiger partial charge in [0, 0.05) is 32.3 Å². The number of hydrogen-bond donors (Lipinski definition) is 3. The van der Waals surface area contributed by atoms with E-state index in [1.165, 1.54) is 30.0 Å².